The van der Waals surface area contributed by atoms with Crippen LogP contribution in [0.5, 0.6) is 0 Å². The maximum Gasteiger partial charge on any atom is 0.271 e. The van der Waals surface area contributed by atoms with Crippen LogP contribution in [-0.4, -0.2) is 40.6 Å². The average Bonchev–Trinajstić information content (AvgIpc) is 3.39. The first-order valence-corrected chi connectivity index (χ1v) is 10.2. The van der Waals surface area contributed by atoms with Crippen molar-refractivity contribution in [1.29, 1.82) is 0 Å². The lowest BCUT2D eigenvalue weighted by Gasteiger charge is -2.29. The zero-order chi connectivity index (χ0) is 17.6. The zero-order valence-corrected chi connectivity index (χ0v) is 16.0. The molecule has 3 heterocycles. The summed E-state index contributed by atoms with van der Waals surface area (Å²) in [6.07, 6.45) is 0. The predicted octanol–water partition coefficient (Wildman–Crippen LogP) is 4.01. The van der Waals surface area contributed by atoms with Gasteiger partial charge in [0.2, 0.25) is 0 Å². The fourth-order valence-corrected chi connectivity index (χ4v) is 4.26. The zero-order valence-electron chi connectivity index (χ0n) is 14.4. The molecule has 0 aromatic carbocycles. The number of hydrogen-bond acceptors (Lipinski definition) is 5. The molecule has 3 rings (SSSR count). The van der Waals surface area contributed by atoms with Crippen LogP contribution in [0, 0.1) is 0 Å². The summed E-state index contributed by atoms with van der Waals surface area (Å²) in [5.74, 6) is -0.147. The fourth-order valence-electron chi connectivity index (χ4n) is 2.86. The highest BCUT2D eigenvalue weighted by molar-refractivity contribution is 7.13. The van der Waals surface area contributed by atoms with Crippen molar-refractivity contribution in [2.45, 2.75) is 19.9 Å². The van der Waals surface area contributed by atoms with Crippen LogP contribution in [-0.2, 0) is 0 Å². The largest absolute Gasteiger partial charge is 0.349 e. The van der Waals surface area contributed by atoms with Crippen LogP contribution in [0.3, 0.4) is 0 Å². The van der Waals surface area contributed by atoms with Crippen molar-refractivity contribution in [3.63, 3.8) is 0 Å². The molecule has 1 atom stereocenters. The minimum Gasteiger partial charge on any atom is -0.349 e. The Hall–Kier alpha value is -1.96. The summed E-state index contributed by atoms with van der Waals surface area (Å²) < 4.78 is 0. The molecule has 0 aliphatic carbocycles. The van der Waals surface area contributed by atoms with Gasteiger partial charge in [-0.25, -0.2) is 0 Å². The molecule has 5 nitrogen and oxygen atoms in total. The number of thiophene rings is 2. The number of nitrogens with one attached hydrogen (secondary N) is 2. The Morgan fingerprint density at radius 2 is 2.16 bits per heavy atom. The topological polar surface area (TPSA) is 61.0 Å². The molecule has 3 aromatic heterocycles. The Balaban J connectivity index is 1.67. The first-order chi connectivity index (χ1) is 12.2. The number of rotatable bonds is 8. The van der Waals surface area contributed by atoms with Crippen LogP contribution in [0.4, 0.5) is 0 Å². The maximum absolute atomic E-state index is 12.5. The molecule has 7 heteroatoms. The normalized spacial score (nSPS) is 12.4. The quantitative estimate of drug-likeness (QED) is 0.626. The van der Waals surface area contributed by atoms with Crippen molar-refractivity contribution in [2.24, 2.45) is 0 Å². The van der Waals surface area contributed by atoms with Crippen molar-refractivity contribution in [2.75, 3.05) is 19.6 Å². The molecule has 3 aromatic rings. The summed E-state index contributed by atoms with van der Waals surface area (Å²) in [5.41, 5.74) is 2.54. The van der Waals surface area contributed by atoms with Gasteiger partial charge in [-0.2, -0.15) is 16.4 Å². The van der Waals surface area contributed by atoms with Gasteiger partial charge in [0, 0.05) is 6.54 Å². The maximum atomic E-state index is 12.5. The summed E-state index contributed by atoms with van der Waals surface area (Å²) in [6.45, 7) is 6.74. The summed E-state index contributed by atoms with van der Waals surface area (Å²) in [4.78, 5) is 15.9. The van der Waals surface area contributed by atoms with Crippen LogP contribution >= 0.6 is 22.7 Å². The van der Waals surface area contributed by atoms with E-state index in [1.807, 2.05) is 17.5 Å². The van der Waals surface area contributed by atoms with Crippen LogP contribution < -0.4 is 5.32 Å². The number of aromatic nitrogens is 2. The van der Waals surface area contributed by atoms with Crippen molar-refractivity contribution in [3.8, 4) is 10.6 Å². The molecular formula is C18H22N4OS2. The molecule has 0 aliphatic rings. The van der Waals surface area contributed by atoms with E-state index in [1.165, 1.54) is 5.56 Å². The lowest BCUT2D eigenvalue weighted by molar-refractivity contribution is 0.0930. The van der Waals surface area contributed by atoms with Crippen molar-refractivity contribution >= 4 is 28.6 Å². The van der Waals surface area contributed by atoms with E-state index in [-0.39, 0.29) is 11.9 Å². The molecule has 1 unspecified atom stereocenters. The lowest BCUT2D eigenvalue weighted by atomic mass is 10.1. The van der Waals surface area contributed by atoms with Crippen LogP contribution in [0.15, 0.2) is 40.4 Å². The Bertz CT molecular complexity index is 776. The molecule has 0 radical (unpaired) electrons. The smallest absolute Gasteiger partial charge is 0.271 e. The summed E-state index contributed by atoms with van der Waals surface area (Å²) in [5, 5.41) is 16.4. The van der Waals surface area contributed by atoms with Crippen LogP contribution in [0.1, 0.15) is 35.9 Å². The number of H-pyrrole nitrogens is 1. The SMILES string of the molecule is CCN(CC)C(CNC(=O)c1cc(-c2cccs2)[nH]n1)c1ccsc1. The minimum atomic E-state index is -0.147. The molecule has 0 bridgehead atoms. The number of amides is 1. The van der Waals surface area contributed by atoms with Gasteiger partial charge in [-0.05, 0) is 53.0 Å². The van der Waals surface area contributed by atoms with Gasteiger partial charge in [0.05, 0.1) is 16.6 Å². The highest BCUT2D eigenvalue weighted by Gasteiger charge is 2.20. The lowest BCUT2D eigenvalue weighted by Crippen LogP contribution is -2.38. The van der Waals surface area contributed by atoms with E-state index in [0.29, 0.717) is 12.2 Å². The number of aromatic amines is 1. The third-order valence-corrected chi connectivity index (χ3v) is 5.84. The van der Waals surface area contributed by atoms with E-state index in [0.717, 1.165) is 23.7 Å². The first-order valence-electron chi connectivity index (χ1n) is 8.36. The number of likely N-dealkylation sites (N-methyl/N-ethyl adjacent to an activating group) is 1. The third-order valence-electron chi connectivity index (χ3n) is 4.23. The minimum absolute atomic E-state index is 0.147. The second kappa shape index (κ2) is 8.42. The van der Waals surface area contributed by atoms with Gasteiger partial charge < -0.3 is 5.32 Å². The summed E-state index contributed by atoms with van der Waals surface area (Å²) in [6, 6.07) is 8.10. The van der Waals surface area contributed by atoms with Crippen molar-refractivity contribution < 1.29 is 4.79 Å². The number of nitrogens with zero attached hydrogens (tertiary/aromatic N) is 2. The molecule has 2 N–H and O–H groups in total. The van der Waals surface area contributed by atoms with E-state index in [2.05, 4.69) is 51.1 Å². The highest BCUT2D eigenvalue weighted by Crippen LogP contribution is 2.24. The average molecular weight is 375 g/mol. The first kappa shape index (κ1) is 17.8. The Morgan fingerprint density at radius 1 is 1.32 bits per heavy atom. The molecule has 1 amide bonds. The Kier molecular flexibility index (Phi) is 6.01. The molecule has 25 heavy (non-hydrogen) atoms. The Labute approximate surface area is 155 Å². The molecule has 0 aliphatic heterocycles. The van der Waals surface area contributed by atoms with Gasteiger partial charge in [-0.15, -0.1) is 11.3 Å². The van der Waals surface area contributed by atoms with Crippen LogP contribution in [0.25, 0.3) is 10.6 Å². The van der Waals surface area contributed by atoms with Crippen molar-refractivity contribution in [3.05, 3.63) is 51.7 Å². The second-order valence-corrected chi connectivity index (χ2v) is 7.38. The molecule has 0 fully saturated rings. The standard InChI is InChI=1S/C18H22N4OS2/c1-3-22(4-2)16(13-7-9-24-12-13)11-19-18(23)15-10-14(20-21-15)17-6-5-8-25-17/h5-10,12,16H,3-4,11H2,1-2H3,(H,19,23)(H,20,21). The van der Waals surface area contributed by atoms with E-state index in [1.54, 1.807) is 28.7 Å². The van der Waals surface area contributed by atoms with Gasteiger partial charge in [-0.3, -0.25) is 14.8 Å². The van der Waals surface area contributed by atoms with Gasteiger partial charge in [-0.1, -0.05) is 19.9 Å². The predicted molar refractivity (Wildman–Crippen MR) is 104 cm³/mol. The van der Waals surface area contributed by atoms with Gasteiger partial charge in [0.25, 0.3) is 5.91 Å². The van der Waals surface area contributed by atoms with Gasteiger partial charge in [0.1, 0.15) is 0 Å². The number of hydrogen-bond donors (Lipinski definition) is 2. The van der Waals surface area contributed by atoms with E-state index < -0.39 is 0 Å². The second-order valence-electron chi connectivity index (χ2n) is 5.65. The monoisotopic (exact) mass is 374 g/mol. The van der Waals surface area contributed by atoms with E-state index in [4.69, 9.17) is 0 Å². The summed E-state index contributed by atoms with van der Waals surface area (Å²) in [7, 11) is 0. The van der Waals surface area contributed by atoms with E-state index in [9.17, 15) is 4.79 Å². The number of carbonyl (C=O) groups excluding carboxylic acids is 1. The van der Waals surface area contributed by atoms with Crippen LogP contribution in [0.2, 0.25) is 0 Å². The Morgan fingerprint density at radius 3 is 2.80 bits per heavy atom. The summed E-state index contributed by atoms with van der Waals surface area (Å²) >= 11 is 3.30. The third kappa shape index (κ3) is 4.18. The molecule has 0 saturated heterocycles. The van der Waals surface area contributed by atoms with Crippen molar-refractivity contribution in [1.82, 2.24) is 20.4 Å². The highest BCUT2D eigenvalue weighted by atomic mass is 32.1. The molecule has 0 saturated carbocycles. The molecular weight excluding hydrogens is 352 g/mol. The van der Waals surface area contributed by atoms with E-state index >= 15 is 0 Å². The van der Waals surface area contributed by atoms with Gasteiger partial charge >= 0.3 is 0 Å². The fraction of sp³-hybridized carbons (Fsp3) is 0.333. The number of carbonyl (C=O) groups is 1. The van der Waals surface area contributed by atoms with Gasteiger partial charge in [0.15, 0.2) is 5.69 Å². The molecule has 132 valence electrons. The molecule has 0 spiro atoms.